The van der Waals surface area contributed by atoms with Gasteiger partial charge in [-0.15, -0.1) is 0 Å². The van der Waals surface area contributed by atoms with E-state index in [2.05, 4.69) is 13.0 Å². The van der Waals surface area contributed by atoms with Crippen molar-refractivity contribution in [1.82, 2.24) is 9.55 Å². The molecule has 0 bridgehead atoms. The Balaban J connectivity index is 1.53. The van der Waals surface area contributed by atoms with E-state index in [-0.39, 0.29) is 12.2 Å². The molecule has 1 aromatic heterocycles. The average molecular weight is 548 g/mol. The number of aliphatic hydroxyl groups is 1. The van der Waals surface area contributed by atoms with Gasteiger partial charge < -0.3 is 9.84 Å². The van der Waals surface area contributed by atoms with E-state index in [0.717, 1.165) is 65.9 Å². The smallest absolute Gasteiger partial charge is 0.261 e. The number of unbranched alkanes of at least 4 members (excludes halogenated alkanes) is 1. The number of hydrogen-bond acceptors (Lipinski definition) is 5. The van der Waals surface area contributed by atoms with Gasteiger partial charge in [-0.2, -0.15) is 5.26 Å². The molecule has 0 atom stereocenters. The summed E-state index contributed by atoms with van der Waals surface area (Å²) < 4.78 is 7.76. The lowest BCUT2D eigenvalue weighted by molar-refractivity contribution is 0.0413. The predicted octanol–water partition coefficient (Wildman–Crippen LogP) is 6.87. The molecule has 0 aliphatic heterocycles. The topological polar surface area (TPSA) is 88.1 Å². The minimum absolute atomic E-state index is 0.0173. The standard InChI is InChI=1S/C35H37N3O3/c1-4-5-10-31-37-33(27-15-16-27)32(26-17-19-29(20-18-26)41-35(2,3)23-39)34(40)38(31)22-24-11-13-25(14-12-24)30-9-7-6-8-28(30)21-36/h6-9,11-14,17-20,27,39H,4-5,10,15-16,22-23H2,1-3H3. The maximum atomic E-state index is 14.3. The van der Waals surface area contributed by atoms with Gasteiger partial charge in [0, 0.05) is 12.3 Å². The van der Waals surface area contributed by atoms with E-state index >= 15 is 0 Å². The third-order valence-electron chi connectivity index (χ3n) is 7.57. The van der Waals surface area contributed by atoms with Crippen molar-refractivity contribution in [3.05, 3.63) is 106 Å². The lowest BCUT2D eigenvalue weighted by Crippen LogP contribution is -2.32. The fraction of sp³-hybridized carbons (Fsp3) is 0.343. The lowest BCUT2D eigenvalue weighted by Gasteiger charge is -2.24. The first-order valence-electron chi connectivity index (χ1n) is 14.5. The van der Waals surface area contributed by atoms with Gasteiger partial charge in [-0.25, -0.2) is 4.98 Å². The van der Waals surface area contributed by atoms with Gasteiger partial charge in [-0.05, 0) is 73.6 Å². The van der Waals surface area contributed by atoms with Crippen LogP contribution >= 0.6 is 0 Å². The molecule has 210 valence electrons. The summed E-state index contributed by atoms with van der Waals surface area (Å²) in [7, 11) is 0. The number of ether oxygens (including phenoxy) is 1. The molecule has 1 aliphatic carbocycles. The number of rotatable bonds is 11. The van der Waals surface area contributed by atoms with E-state index in [0.29, 0.717) is 29.3 Å². The third kappa shape index (κ3) is 6.42. The summed E-state index contributed by atoms with van der Waals surface area (Å²) in [5.41, 5.74) is 5.21. The SMILES string of the molecule is CCCCc1nc(C2CC2)c(-c2ccc(OC(C)(C)CO)cc2)c(=O)n1Cc1ccc(-c2ccccc2C#N)cc1. The number of aliphatic hydroxyl groups excluding tert-OH is 1. The fourth-order valence-electron chi connectivity index (χ4n) is 5.07. The second-order valence-corrected chi connectivity index (χ2v) is 11.5. The van der Waals surface area contributed by atoms with Crippen LogP contribution < -0.4 is 10.3 Å². The highest BCUT2D eigenvalue weighted by molar-refractivity contribution is 5.70. The van der Waals surface area contributed by atoms with Crippen molar-refractivity contribution in [2.24, 2.45) is 0 Å². The minimum Gasteiger partial charge on any atom is -0.485 e. The van der Waals surface area contributed by atoms with Crippen molar-refractivity contribution in [2.45, 2.75) is 70.9 Å². The fourth-order valence-corrected chi connectivity index (χ4v) is 5.07. The summed E-state index contributed by atoms with van der Waals surface area (Å²) in [6, 6.07) is 25.5. The van der Waals surface area contributed by atoms with Crippen LogP contribution in [-0.2, 0) is 13.0 Å². The maximum Gasteiger partial charge on any atom is 0.261 e. The van der Waals surface area contributed by atoms with Crippen LogP contribution in [0.4, 0.5) is 0 Å². The molecule has 0 amide bonds. The van der Waals surface area contributed by atoms with Gasteiger partial charge in [-0.1, -0.05) is 67.9 Å². The molecular weight excluding hydrogens is 510 g/mol. The molecule has 4 aromatic rings. The van der Waals surface area contributed by atoms with E-state index < -0.39 is 5.60 Å². The molecule has 5 rings (SSSR count). The van der Waals surface area contributed by atoms with Crippen LogP contribution in [0.5, 0.6) is 5.75 Å². The number of hydrogen-bond donors (Lipinski definition) is 1. The van der Waals surface area contributed by atoms with Gasteiger partial charge in [0.25, 0.3) is 5.56 Å². The van der Waals surface area contributed by atoms with Gasteiger partial charge in [0.15, 0.2) is 0 Å². The summed E-state index contributed by atoms with van der Waals surface area (Å²) in [5, 5.41) is 19.1. The minimum atomic E-state index is -0.692. The molecule has 3 aromatic carbocycles. The van der Waals surface area contributed by atoms with Crippen LogP contribution in [0.15, 0.2) is 77.6 Å². The molecule has 0 radical (unpaired) electrons. The Hall–Kier alpha value is -4.21. The first kappa shape index (κ1) is 28.3. The number of nitriles is 1. The third-order valence-corrected chi connectivity index (χ3v) is 7.57. The summed E-state index contributed by atoms with van der Waals surface area (Å²) in [5.74, 6) is 1.80. The second kappa shape index (κ2) is 12.1. The Bertz CT molecular complexity index is 1610. The number of benzene rings is 3. The maximum absolute atomic E-state index is 14.3. The highest BCUT2D eigenvalue weighted by atomic mass is 16.5. The zero-order valence-electron chi connectivity index (χ0n) is 24.1. The Morgan fingerprint density at radius 3 is 2.34 bits per heavy atom. The summed E-state index contributed by atoms with van der Waals surface area (Å²) in [6.07, 6.45) is 4.84. The zero-order valence-corrected chi connectivity index (χ0v) is 24.1. The van der Waals surface area contributed by atoms with Crippen molar-refractivity contribution < 1.29 is 9.84 Å². The van der Waals surface area contributed by atoms with Crippen molar-refractivity contribution in [1.29, 1.82) is 5.26 Å². The Morgan fingerprint density at radius 1 is 1.02 bits per heavy atom. The van der Waals surface area contributed by atoms with E-state index in [1.807, 2.05) is 91.2 Å². The van der Waals surface area contributed by atoms with Gasteiger partial charge >= 0.3 is 0 Å². The van der Waals surface area contributed by atoms with Crippen molar-refractivity contribution in [3.63, 3.8) is 0 Å². The molecule has 1 N–H and O–H groups in total. The van der Waals surface area contributed by atoms with E-state index in [4.69, 9.17) is 9.72 Å². The van der Waals surface area contributed by atoms with Crippen LogP contribution in [-0.4, -0.2) is 26.9 Å². The van der Waals surface area contributed by atoms with E-state index in [1.165, 1.54) is 0 Å². The zero-order chi connectivity index (χ0) is 29.0. The van der Waals surface area contributed by atoms with Crippen LogP contribution in [0.3, 0.4) is 0 Å². The molecule has 1 aliphatic rings. The van der Waals surface area contributed by atoms with Crippen molar-refractivity contribution in [3.8, 4) is 34.1 Å². The molecule has 1 fully saturated rings. The Morgan fingerprint density at radius 2 is 1.71 bits per heavy atom. The summed E-state index contributed by atoms with van der Waals surface area (Å²) in [6.45, 7) is 6.14. The van der Waals surface area contributed by atoms with Crippen LogP contribution in [0.1, 0.15) is 75.0 Å². The molecule has 0 saturated heterocycles. The Kier molecular flexibility index (Phi) is 8.37. The molecule has 6 heteroatoms. The Labute approximate surface area is 241 Å². The monoisotopic (exact) mass is 547 g/mol. The van der Waals surface area contributed by atoms with Gasteiger partial charge in [-0.3, -0.25) is 9.36 Å². The first-order chi connectivity index (χ1) is 19.8. The number of aryl methyl sites for hydroxylation is 1. The number of aromatic nitrogens is 2. The summed E-state index contributed by atoms with van der Waals surface area (Å²) in [4.78, 5) is 19.4. The molecule has 6 nitrogen and oxygen atoms in total. The normalized spacial score (nSPS) is 13.1. The van der Waals surface area contributed by atoms with Gasteiger partial charge in [0.05, 0.1) is 36.0 Å². The molecule has 1 saturated carbocycles. The van der Waals surface area contributed by atoms with Crippen LogP contribution in [0.25, 0.3) is 22.3 Å². The van der Waals surface area contributed by atoms with Crippen molar-refractivity contribution >= 4 is 0 Å². The highest BCUT2D eigenvalue weighted by Gasteiger charge is 2.31. The van der Waals surface area contributed by atoms with Crippen LogP contribution in [0, 0.1) is 11.3 Å². The molecule has 0 spiro atoms. The summed E-state index contributed by atoms with van der Waals surface area (Å²) >= 11 is 0. The van der Waals surface area contributed by atoms with Gasteiger partial charge in [0.2, 0.25) is 0 Å². The highest BCUT2D eigenvalue weighted by Crippen LogP contribution is 2.42. The largest absolute Gasteiger partial charge is 0.485 e. The molecular formula is C35H37N3O3. The molecule has 0 unspecified atom stereocenters. The molecule has 1 heterocycles. The van der Waals surface area contributed by atoms with E-state index in [1.54, 1.807) is 0 Å². The lowest BCUT2D eigenvalue weighted by atomic mass is 9.99. The quantitative estimate of drug-likeness (QED) is 0.221. The number of nitrogens with zero attached hydrogens (tertiary/aromatic N) is 3. The average Bonchev–Trinajstić information content (AvgIpc) is 3.84. The molecule has 41 heavy (non-hydrogen) atoms. The first-order valence-corrected chi connectivity index (χ1v) is 14.5. The van der Waals surface area contributed by atoms with Gasteiger partial charge in [0.1, 0.15) is 17.2 Å². The predicted molar refractivity (Wildman–Crippen MR) is 162 cm³/mol. The van der Waals surface area contributed by atoms with Crippen LogP contribution in [0.2, 0.25) is 0 Å². The van der Waals surface area contributed by atoms with E-state index in [9.17, 15) is 15.2 Å². The second-order valence-electron chi connectivity index (χ2n) is 11.5. The van der Waals surface area contributed by atoms with Crippen molar-refractivity contribution in [2.75, 3.05) is 6.61 Å².